The molecule has 5 rings (SSSR count). The minimum absolute atomic E-state index is 0.135. The van der Waals surface area contributed by atoms with Crippen LogP contribution in [0.15, 0.2) is 66.6 Å². The molecule has 3 aromatic heterocycles. The molecule has 1 aliphatic carbocycles. The number of hydrogen-bond donors (Lipinski definition) is 1. The Hall–Kier alpha value is -4.21. The third kappa shape index (κ3) is 6.63. The molecule has 9 nitrogen and oxygen atoms in total. The number of aromatic nitrogens is 4. The van der Waals surface area contributed by atoms with Crippen LogP contribution in [0.2, 0.25) is 0 Å². The molecule has 0 spiro atoms. The lowest BCUT2D eigenvalue weighted by molar-refractivity contribution is -0.174. The number of amides is 1. The lowest BCUT2D eigenvalue weighted by Gasteiger charge is -2.29. The van der Waals surface area contributed by atoms with Crippen molar-refractivity contribution < 1.29 is 27.4 Å². The maximum Gasteiger partial charge on any atom is 0.399 e. The van der Waals surface area contributed by atoms with Gasteiger partial charge in [-0.25, -0.2) is 9.50 Å². The molecule has 0 radical (unpaired) electrons. The third-order valence-corrected chi connectivity index (χ3v) is 6.28. The molecule has 12 heteroatoms. The quantitative estimate of drug-likeness (QED) is 0.483. The number of allylic oxidation sites excluding steroid dienone is 4. The molecule has 0 bridgehead atoms. The molecule has 1 N–H and O–H groups in total. The van der Waals surface area contributed by atoms with E-state index in [9.17, 15) is 18.0 Å². The van der Waals surface area contributed by atoms with Crippen molar-refractivity contribution in [1.29, 1.82) is 0 Å². The molecule has 1 aliphatic heterocycles. The monoisotopic (exact) mass is 538 g/mol. The van der Waals surface area contributed by atoms with Gasteiger partial charge in [-0.3, -0.25) is 14.7 Å². The van der Waals surface area contributed by atoms with Crippen molar-refractivity contribution in [1.82, 2.24) is 29.8 Å². The molecule has 1 atom stereocenters. The number of imidazole rings is 1. The highest BCUT2D eigenvalue weighted by Crippen LogP contribution is 2.38. The average molecular weight is 539 g/mol. The van der Waals surface area contributed by atoms with E-state index in [0.717, 1.165) is 13.1 Å². The van der Waals surface area contributed by atoms with Gasteiger partial charge in [0.2, 0.25) is 0 Å². The van der Waals surface area contributed by atoms with Crippen molar-refractivity contribution in [3.05, 3.63) is 83.4 Å². The number of halogens is 3. The summed E-state index contributed by atoms with van der Waals surface area (Å²) in [5.41, 5.74) is 1.96. The Morgan fingerprint density at radius 1 is 1.18 bits per heavy atom. The van der Waals surface area contributed by atoms with E-state index in [4.69, 9.17) is 9.47 Å². The van der Waals surface area contributed by atoms with Gasteiger partial charge in [-0.05, 0) is 36.3 Å². The number of rotatable bonds is 6. The first-order chi connectivity index (χ1) is 18.9. The van der Waals surface area contributed by atoms with Gasteiger partial charge in [0.1, 0.15) is 24.0 Å². The largest absolute Gasteiger partial charge is 0.496 e. The molecule has 0 aromatic carbocycles. The summed E-state index contributed by atoms with van der Waals surface area (Å²) in [5, 5.41) is 6.77. The summed E-state index contributed by atoms with van der Waals surface area (Å²) in [4.78, 5) is 23.2. The fourth-order valence-electron chi connectivity index (χ4n) is 4.22. The molecule has 1 unspecified atom stereocenters. The Morgan fingerprint density at radius 3 is 2.85 bits per heavy atom. The Bertz CT molecular complexity index is 1460. The lowest BCUT2D eigenvalue weighted by atomic mass is 9.95. The van der Waals surface area contributed by atoms with Crippen LogP contribution in [0.25, 0.3) is 5.65 Å². The highest BCUT2D eigenvalue weighted by molar-refractivity contribution is 5.95. The van der Waals surface area contributed by atoms with Gasteiger partial charge in [-0.15, -0.1) is 0 Å². The van der Waals surface area contributed by atoms with Gasteiger partial charge in [0.25, 0.3) is 5.91 Å². The zero-order chi connectivity index (χ0) is 27.2. The number of hydrogen-bond acceptors (Lipinski definition) is 7. The summed E-state index contributed by atoms with van der Waals surface area (Å²) in [6, 6.07) is 5.08. The number of alkyl halides is 3. The summed E-state index contributed by atoms with van der Waals surface area (Å²) >= 11 is 0. The van der Waals surface area contributed by atoms with Crippen LogP contribution in [0, 0.1) is 17.8 Å². The number of ether oxygens (including phenoxy) is 2. The van der Waals surface area contributed by atoms with E-state index in [1.54, 1.807) is 29.0 Å². The van der Waals surface area contributed by atoms with E-state index in [1.807, 2.05) is 0 Å². The molecule has 1 amide bonds. The number of nitrogens with zero attached hydrogens (tertiary/aromatic N) is 5. The molecule has 1 saturated heterocycles. The smallest absolute Gasteiger partial charge is 0.399 e. The van der Waals surface area contributed by atoms with E-state index in [1.165, 1.54) is 30.6 Å². The topological polar surface area (TPSA) is 93.9 Å². The van der Waals surface area contributed by atoms with Crippen molar-refractivity contribution in [2.24, 2.45) is 5.92 Å². The van der Waals surface area contributed by atoms with Crippen LogP contribution in [0.5, 0.6) is 0 Å². The highest BCUT2D eigenvalue weighted by atomic mass is 19.4. The zero-order valence-electron chi connectivity index (χ0n) is 20.8. The summed E-state index contributed by atoms with van der Waals surface area (Å²) in [6.45, 7) is 3.30. The fourth-order valence-corrected chi connectivity index (χ4v) is 4.22. The van der Waals surface area contributed by atoms with Gasteiger partial charge >= 0.3 is 6.18 Å². The predicted octanol–water partition coefficient (Wildman–Crippen LogP) is 2.95. The van der Waals surface area contributed by atoms with E-state index < -0.39 is 24.4 Å². The summed E-state index contributed by atoms with van der Waals surface area (Å²) in [6.07, 6.45) is 3.77. The van der Waals surface area contributed by atoms with Crippen molar-refractivity contribution in [2.75, 3.05) is 39.5 Å². The zero-order valence-corrected chi connectivity index (χ0v) is 20.8. The number of nitrogens with one attached hydrogen (secondary N) is 1. The van der Waals surface area contributed by atoms with Crippen molar-refractivity contribution in [3.63, 3.8) is 0 Å². The van der Waals surface area contributed by atoms with Crippen LogP contribution in [-0.4, -0.2) is 76.0 Å². The number of carbonyl (C=O) groups is 1. The standard InChI is InChI=1S/C27H25F3N6O3/c28-27(29,30)23-15-21(4-6-24(23)39-13-10-35-8-11-38-12-9-35)34-26(37)20-14-19(16-31-17-20)3-5-22-18-32-25-2-1-7-33-36(22)25/h1-2,4,6-7,14,16-18,23H,8-13,15H2,(H,34,37). The highest BCUT2D eigenvalue weighted by Gasteiger charge is 2.44. The van der Waals surface area contributed by atoms with Gasteiger partial charge in [0.15, 0.2) is 5.65 Å². The van der Waals surface area contributed by atoms with Crippen molar-refractivity contribution >= 4 is 11.6 Å². The van der Waals surface area contributed by atoms with E-state index in [-0.39, 0.29) is 23.6 Å². The molecule has 202 valence electrons. The van der Waals surface area contributed by atoms with Crippen LogP contribution in [0.1, 0.15) is 28.0 Å². The van der Waals surface area contributed by atoms with Gasteiger partial charge in [-0.2, -0.15) is 18.3 Å². The maximum atomic E-state index is 13.8. The Labute approximate surface area is 222 Å². The molecule has 39 heavy (non-hydrogen) atoms. The molecule has 3 aromatic rings. The number of pyridine rings is 1. The molecule has 1 fully saturated rings. The van der Waals surface area contributed by atoms with Crippen LogP contribution in [-0.2, 0) is 9.47 Å². The molecule has 2 aliphatic rings. The predicted molar refractivity (Wildman–Crippen MR) is 134 cm³/mol. The van der Waals surface area contributed by atoms with Crippen molar-refractivity contribution in [3.8, 4) is 11.8 Å². The molecule has 4 heterocycles. The normalized spacial score (nSPS) is 18.1. The number of morpholine rings is 1. The van der Waals surface area contributed by atoms with E-state index >= 15 is 0 Å². The Morgan fingerprint density at radius 2 is 2.03 bits per heavy atom. The summed E-state index contributed by atoms with van der Waals surface area (Å²) in [7, 11) is 0. The second-order valence-electron chi connectivity index (χ2n) is 8.97. The van der Waals surface area contributed by atoms with Crippen LogP contribution >= 0.6 is 0 Å². The van der Waals surface area contributed by atoms with E-state index in [0.29, 0.717) is 36.7 Å². The van der Waals surface area contributed by atoms with E-state index in [2.05, 4.69) is 37.1 Å². The molecule has 0 saturated carbocycles. The second-order valence-corrected chi connectivity index (χ2v) is 8.97. The first-order valence-corrected chi connectivity index (χ1v) is 12.3. The molecular formula is C27H25F3N6O3. The molecular weight excluding hydrogens is 513 g/mol. The first kappa shape index (κ1) is 26.4. The fraction of sp³-hybridized carbons (Fsp3) is 0.333. The van der Waals surface area contributed by atoms with Crippen molar-refractivity contribution in [2.45, 2.75) is 12.6 Å². The van der Waals surface area contributed by atoms with Crippen LogP contribution in [0.3, 0.4) is 0 Å². The van der Waals surface area contributed by atoms with Crippen LogP contribution in [0.4, 0.5) is 13.2 Å². The SMILES string of the molecule is O=C(NC1=CC=C(OCCN2CCOCC2)C(C(F)(F)F)C1)c1cncc(C#Cc2cnc3cccnn23)c1. The Kier molecular flexibility index (Phi) is 7.90. The minimum Gasteiger partial charge on any atom is -0.496 e. The Balaban J connectivity index is 1.24. The van der Waals surface area contributed by atoms with Gasteiger partial charge in [-0.1, -0.05) is 5.92 Å². The number of fused-ring (bicyclic) bond motifs is 1. The van der Waals surface area contributed by atoms with Crippen LogP contribution < -0.4 is 5.32 Å². The van der Waals surface area contributed by atoms with Gasteiger partial charge < -0.3 is 14.8 Å². The lowest BCUT2D eigenvalue weighted by Crippen LogP contribution is -2.39. The minimum atomic E-state index is -4.53. The van der Waals surface area contributed by atoms with Gasteiger partial charge in [0, 0.05) is 55.9 Å². The van der Waals surface area contributed by atoms with Gasteiger partial charge in [0.05, 0.1) is 25.0 Å². The number of carbonyl (C=O) groups excluding carboxylic acids is 1. The first-order valence-electron chi connectivity index (χ1n) is 12.3. The summed E-state index contributed by atoms with van der Waals surface area (Å²) < 4.78 is 53.9. The summed E-state index contributed by atoms with van der Waals surface area (Å²) in [5.74, 6) is 3.27. The third-order valence-electron chi connectivity index (χ3n) is 6.28. The maximum absolute atomic E-state index is 13.8. The average Bonchev–Trinajstić information content (AvgIpc) is 3.36. The second kappa shape index (κ2) is 11.7.